The molecule has 0 unspecified atom stereocenters. The Bertz CT molecular complexity index is 481. The molecule has 2 atom stereocenters. The summed E-state index contributed by atoms with van der Waals surface area (Å²) in [6.07, 6.45) is 4.90. The molecule has 2 heterocycles. The largest absolute Gasteiger partial charge is 0.342 e. The van der Waals surface area contributed by atoms with Crippen LogP contribution >= 0.6 is 11.3 Å². The summed E-state index contributed by atoms with van der Waals surface area (Å²) in [5.41, 5.74) is 7.40. The van der Waals surface area contributed by atoms with Crippen LogP contribution in [0.15, 0.2) is 6.07 Å². The summed E-state index contributed by atoms with van der Waals surface area (Å²) in [6.45, 7) is 8.15. The van der Waals surface area contributed by atoms with Gasteiger partial charge in [-0.2, -0.15) is 0 Å². The average molecular weight is 308 g/mol. The molecule has 2 N–H and O–H groups in total. The summed E-state index contributed by atoms with van der Waals surface area (Å²) in [5, 5.41) is 0. The smallest absolute Gasteiger partial charge is 0.222 e. The zero-order chi connectivity index (χ0) is 15.4. The van der Waals surface area contributed by atoms with Gasteiger partial charge in [0.25, 0.3) is 0 Å². The van der Waals surface area contributed by atoms with Gasteiger partial charge >= 0.3 is 0 Å². The van der Waals surface area contributed by atoms with Gasteiger partial charge in [0.1, 0.15) is 0 Å². The molecular weight excluding hydrogens is 280 g/mol. The van der Waals surface area contributed by atoms with Crippen LogP contribution in [0.5, 0.6) is 0 Å². The molecule has 1 fully saturated rings. The van der Waals surface area contributed by atoms with Crippen LogP contribution in [0.1, 0.15) is 47.9 Å². The Balaban J connectivity index is 1.78. The first-order chi connectivity index (χ1) is 9.97. The minimum atomic E-state index is 0.192. The van der Waals surface area contributed by atoms with Crippen LogP contribution in [0.25, 0.3) is 0 Å². The topological polar surface area (TPSA) is 46.3 Å². The van der Waals surface area contributed by atoms with Crippen molar-refractivity contribution in [2.24, 2.45) is 11.7 Å². The van der Waals surface area contributed by atoms with Crippen molar-refractivity contribution < 1.29 is 4.79 Å². The summed E-state index contributed by atoms with van der Waals surface area (Å²) in [5.74, 6) is 0.787. The summed E-state index contributed by atoms with van der Waals surface area (Å²) < 4.78 is 0. The fourth-order valence-electron chi connectivity index (χ4n) is 3.19. The SMILES string of the molecule is Cc1cc(CCCC(=O)N2CCC[C@H]([C@H](C)N)C2)c(C)s1. The van der Waals surface area contributed by atoms with E-state index < -0.39 is 0 Å². The molecule has 118 valence electrons. The Morgan fingerprint density at radius 2 is 2.29 bits per heavy atom. The molecule has 0 spiro atoms. The third-order valence-electron chi connectivity index (χ3n) is 4.53. The van der Waals surface area contributed by atoms with E-state index in [0.717, 1.165) is 38.8 Å². The number of piperidine rings is 1. The van der Waals surface area contributed by atoms with Gasteiger partial charge in [0, 0.05) is 35.3 Å². The molecule has 1 aliphatic rings. The molecule has 3 nitrogen and oxygen atoms in total. The molecule has 1 amide bonds. The number of carbonyl (C=O) groups excluding carboxylic acids is 1. The van der Waals surface area contributed by atoms with Crippen molar-refractivity contribution >= 4 is 17.2 Å². The van der Waals surface area contributed by atoms with E-state index in [1.807, 2.05) is 16.2 Å². The van der Waals surface area contributed by atoms with E-state index in [9.17, 15) is 4.79 Å². The van der Waals surface area contributed by atoms with E-state index >= 15 is 0 Å². The number of nitrogens with zero attached hydrogens (tertiary/aromatic N) is 1. The lowest BCUT2D eigenvalue weighted by atomic mass is 9.92. The number of likely N-dealkylation sites (tertiary alicyclic amines) is 1. The first-order valence-corrected chi connectivity index (χ1v) is 8.88. The Hall–Kier alpha value is -0.870. The summed E-state index contributed by atoms with van der Waals surface area (Å²) >= 11 is 1.85. The molecule has 1 saturated heterocycles. The normalized spacial score (nSPS) is 20.6. The van der Waals surface area contributed by atoms with Crippen molar-refractivity contribution in [3.8, 4) is 0 Å². The third-order valence-corrected chi connectivity index (χ3v) is 5.54. The van der Waals surface area contributed by atoms with Gasteiger partial charge in [-0.25, -0.2) is 0 Å². The minimum absolute atomic E-state index is 0.192. The molecule has 0 saturated carbocycles. The van der Waals surface area contributed by atoms with Crippen molar-refractivity contribution in [3.05, 3.63) is 21.4 Å². The van der Waals surface area contributed by atoms with E-state index in [1.54, 1.807) is 0 Å². The summed E-state index contributed by atoms with van der Waals surface area (Å²) in [4.78, 5) is 17.1. The molecule has 0 radical (unpaired) electrons. The van der Waals surface area contributed by atoms with Crippen molar-refractivity contribution in [1.82, 2.24) is 4.90 Å². The fraction of sp³-hybridized carbons (Fsp3) is 0.706. The highest BCUT2D eigenvalue weighted by atomic mass is 32.1. The van der Waals surface area contributed by atoms with Crippen molar-refractivity contribution in [3.63, 3.8) is 0 Å². The number of rotatable bonds is 5. The predicted molar refractivity (Wildman–Crippen MR) is 89.7 cm³/mol. The summed E-state index contributed by atoms with van der Waals surface area (Å²) in [6, 6.07) is 2.45. The fourth-order valence-corrected chi connectivity index (χ4v) is 4.16. The maximum Gasteiger partial charge on any atom is 0.222 e. The lowest BCUT2D eigenvalue weighted by molar-refractivity contribution is -0.133. The number of hydrogen-bond donors (Lipinski definition) is 1. The Morgan fingerprint density at radius 1 is 1.52 bits per heavy atom. The lowest BCUT2D eigenvalue weighted by Crippen LogP contribution is -2.45. The van der Waals surface area contributed by atoms with Crippen LogP contribution in [0.4, 0.5) is 0 Å². The lowest BCUT2D eigenvalue weighted by Gasteiger charge is -2.34. The predicted octanol–water partition coefficient (Wildman–Crippen LogP) is 3.27. The van der Waals surface area contributed by atoms with Crippen LogP contribution in [-0.4, -0.2) is 29.9 Å². The second-order valence-electron chi connectivity index (χ2n) is 6.39. The molecule has 21 heavy (non-hydrogen) atoms. The minimum Gasteiger partial charge on any atom is -0.342 e. The van der Waals surface area contributed by atoms with Gasteiger partial charge in [-0.1, -0.05) is 0 Å². The number of nitrogens with two attached hydrogens (primary N) is 1. The highest BCUT2D eigenvalue weighted by molar-refractivity contribution is 7.12. The number of amides is 1. The van der Waals surface area contributed by atoms with Crippen molar-refractivity contribution in [1.29, 1.82) is 0 Å². The van der Waals surface area contributed by atoms with E-state index in [4.69, 9.17) is 5.73 Å². The Labute approximate surface area is 132 Å². The molecular formula is C17H28N2OS. The third kappa shape index (κ3) is 4.55. The first kappa shape index (κ1) is 16.5. The molecule has 0 aliphatic carbocycles. The zero-order valence-electron chi connectivity index (χ0n) is 13.5. The number of carbonyl (C=O) groups is 1. The molecule has 0 bridgehead atoms. The van der Waals surface area contributed by atoms with Gasteiger partial charge in [0.05, 0.1) is 0 Å². The van der Waals surface area contributed by atoms with E-state index in [-0.39, 0.29) is 6.04 Å². The number of thiophene rings is 1. The Kier molecular flexibility index (Phi) is 5.82. The highest BCUT2D eigenvalue weighted by Gasteiger charge is 2.25. The van der Waals surface area contributed by atoms with Crippen LogP contribution in [0, 0.1) is 19.8 Å². The zero-order valence-corrected chi connectivity index (χ0v) is 14.3. The van der Waals surface area contributed by atoms with Gasteiger partial charge in [0.15, 0.2) is 0 Å². The molecule has 0 aromatic carbocycles. The van der Waals surface area contributed by atoms with Gasteiger partial charge in [0.2, 0.25) is 5.91 Å². The molecule has 1 aliphatic heterocycles. The quantitative estimate of drug-likeness (QED) is 0.907. The summed E-state index contributed by atoms with van der Waals surface area (Å²) in [7, 11) is 0. The molecule has 4 heteroatoms. The van der Waals surface area contributed by atoms with E-state index in [1.165, 1.54) is 15.3 Å². The second kappa shape index (κ2) is 7.41. The average Bonchev–Trinajstić information content (AvgIpc) is 2.77. The highest BCUT2D eigenvalue weighted by Crippen LogP contribution is 2.23. The molecule has 1 aromatic rings. The van der Waals surface area contributed by atoms with Crippen LogP contribution < -0.4 is 5.73 Å². The van der Waals surface area contributed by atoms with Gasteiger partial charge < -0.3 is 10.6 Å². The van der Waals surface area contributed by atoms with Gasteiger partial charge in [-0.05, 0) is 64.0 Å². The van der Waals surface area contributed by atoms with Gasteiger partial charge in [-0.3, -0.25) is 4.79 Å². The number of aryl methyl sites for hydroxylation is 3. The first-order valence-electron chi connectivity index (χ1n) is 8.06. The maximum atomic E-state index is 12.3. The Morgan fingerprint density at radius 3 is 2.90 bits per heavy atom. The van der Waals surface area contributed by atoms with Crippen LogP contribution in [-0.2, 0) is 11.2 Å². The van der Waals surface area contributed by atoms with E-state index in [2.05, 4.69) is 26.8 Å². The maximum absolute atomic E-state index is 12.3. The monoisotopic (exact) mass is 308 g/mol. The molecule has 1 aromatic heterocycles. The van der Waals surface area contributed by atoms with Gasteiger partial charge in [-0.15, -0.1) is 11.3 Å². The van der Waals surface area contributed by atoms with E-state index in [0.29, 0.717) is 18.2 Å². The van der Waals surface area contributed by atoms with Crippen molar-refractivity contribution in [2.45, 2.75) is 58.9 Å². The van der Waals surface area contributed by atoms with Crippen LogP contribution in [0.2, 0.25) is 0 Å². The second-order valence-corrected chi connectivity index (χ2v) is 7.85. The molecule has 2 rings (SSSR count). The number of hydrogen-bond acceptors (Lipinski definition) is 3. The van der Waals surface area contributed by atoms with Crippen LogP contribution in [0.3, 0.4) is 0 Å². The standard InChI is InChI=1S/C17H28N2OS/c1-12-10-15(14(3)21-12)6-4-8-17(20)19-9-5-7-16(11-19)13(2)18/h10,13,16H,4-9,11,18H2,1-3H3/t13-,16-/m0/s1. The van der Waals surface area contributed by atoms with Crippen molar-refractivity contribution in [2.75, 3.05) is 13.1 Å².